The molecule has 1 atom stereocenters. The lowest BCUT2D eigenvalue weighted by Gasteiger charge is -2.17. The van der Waals surface area contributed by atoms with Crippen LogP contribution in [0.25, 0.3) is 0 Å². The molecular weight excluding hydrogens is 266 g/mol. The van der Waals surface area contributed by atoms with Crippen LogP contribution < -0.4 is 10.6 Å². The highest BCUT2D eigenvalue weighted by Gasteiger charge is 2.12. The van der Waals surface area contributed by atoms with Crippen molar-refractivity contribution in [1.29, 1.82) is 0 Å². The summed E-state index contributed by atoms with van der Waals surface area (Å²) >= 11 is 0. The largest absolute Gasteiger partial charge is 0.396 e. The first-order chi connectivity index (χ1) is 10.3. The van der Waals surface area contributed by atoms with Crippen LogP contribution in [0.3, 0.4) is 0 Å². The fourth-order valence-electron chi connectivity index (χ4n) is 2.45. The topological polar surface area (TPSA) is 65.9 Å². The summed E-state index contributed by atoms with van der Waals surface area (Å²) in [7, 11) is 0. The first kappa shape index (κ1) is 18.2. The van der Waals surface area contributed by atoms with Crippen molar-refractivity contribution in [3.63, 3.8) is 0 Å². The van der Waals surface area contributed by atoms with Crippen molar-refractivity contribution in [3.8, 4) is 0 Å². The zero-order chi connectivity index (χ0) is 15.3. The Kier molecular flexibility index (Phi) is 10.3. The van der Waals surface area contributed by atoms with Crippen LogP contribution in [-0.4, -0.2) is 50.0 Å². The Labute approximate surface area is 129 Å². The predicted octanol–water partition coefficient (Wildman–Crippen LogP) is 1.91. The van der Waals surface area contributed by atoms with E-state index in [-0.39, 0.29) is 12.5 Å². The van der Waals surface area contributed by atoms with E-state index in [0.29, 0.717) is 12.6 Å². The normalized spacial score (nSPS) is 19.1. The van der Waals surface area contributed by atoms with Crippen molar-refractivity contribution in [2.75, 3.05) is 32.8 Å². The SMILES string of the molecule is CCNC(=NCC(C)CO)NCCOC1CCCCCC1. The molecule has 1 fully saturated rings. The van der Waals surface area contributed by atoms with E-state index in [1.807, 2.05) is 6.92 Å². The molecular formula is C16H33N3O2. The molecule has 124 valence electrons. The maximum atomic E-state index is 9.03. The van der Waals surface area contributed by atoms with Crippen molar-refractivity contribution in [2.24, 2.45) is 10.9 Å². The molecule has 1 rings (SSSR count). The summed E-state index contributed by atoms with van der Waals surface area (Å²) in [5.41, 5.74) is 0. The minimum absolute atomic E-state index is 0.174. The highest BCUT2D eigenvalue weighted by Crippen LogP contribution is 2.19. The Bertz CT molecular complexity index is 277. The molecule has 5 heteroatoms. The van der Waals surface area contributed by atoms with Gasteiger partial charge in [-0.25, -0.2) is 0 Å². The molecule has 0 radical (unpaired) electrons. The van der Waals surface area contributed by atoms with Gasteiger partial charge in [-0.1, -0.05) is 32.6 Å². The molecule has 0 bridgehead atoms. The van der Waals surface area contributed by atoms with E-state index < -0.39 is 0 Å². The summed E-state index contributed by atoms with van der Waals surface area (Å²) in [5, 5.41) is 15.5. The molecule has 0 aromatic heterocycles. The Morgan fingerprint density at radius 2 is 1.95 bits per heavy atom. The first-order valence-electron chi connectivity index (χ1n) is 8.50. The zero-order valence-corrected chi connectivity index (χ0v) is 13.7. The quantitative estimate of drug-likeness (QED) is 0.277. The van der Waals surface area contributed by atoms with Crippen LogP contribution in [0.15, 0.2) is 4.99 Å². The summed E-state index contributed by atoms with van der Waals surface area (Å²) < 4.78 is 5.95. The first-order valence-corrected chi connectivity index (χ1v) is 8.50. The molecule has 0 aromatic carbocycles. The smallest absolute Gasteiger partial charge is 0.191 e. The molecule has 1 aliphatic rings. The monoisotopic (exact) mass is 299 g/mol. The van der Waals surface area contributed by atoms with Gasteiger partial charge in [-0.05, 0) is 25.7 Å². The minimum atomic E-state index is 0.174. The Morgan fingerprint density at radius 3 is 2.57 bits per heavy atom. The lowest BCUT2D eigenvalue weighted by molar-refractivity contribution is 0.0468. The van der Waals surface area contributed by atoms with Gasteiger partial charge in [0.2, 0.25) is 0 Å². The molecule has 3 N–H and O–H groups in total. The van der Waals surface area contributed by atoms with Crippen LogP contribution in [0.2, 0.25) is 0 Å². The average molecular weight is 299 g/mol. The van der Waals surface area contributed by atoms with Gasteiger partial charge in [0.05, 0.1) is 12.7 Å². The fraction of sp³-hybridized carbons (Fsp3) is 0.938. The number of hydrogen-bond donors (Lipinski definition) is 3. The number of aliphatic imine (C=N–C) groups is 1. The molecule has 1 aliphatic carbocycles. The van der Waals surface area contributed by atoms with Crippen molar-refractivity contribution < 1.29 is 9.84 Å². The molecule has 0 spiro atoms. The number of ether oxygens (including phenoxy) is 1. The average Bonchev–Trinajstić information content (AvgIpc) is 2.77. The standard InChI is InChI=1S/C16H33N3O2/c1-3-17-16(19-12-14(2)13-20)18-10-11-21-15-8-6-4-5-7-9-15/h14-15,20H,3-13H2,1-2H3,(H2,17,18,19). The zero-order valence-electron chi connectivity index (χ0n) is 13.7. The van der Waals surface area contributed by atoms with E-state index in [1.165, 1.54) is 38.5 Å². The maximum Gasteiger partial charge on any atom is 0.191 e. The van der Waals surface area contributed by atoms with Gasteiger partial charge in [-0.3, -0.25) is 4.99 Å². The minimum Gasteiger partial charge on any atom is -0.396 e. The van der Waals surface area contributed by atoms with Crippen LogP contribution in [0, 0.1) is 5.92 Å². The van der Waals surface area contributed by atoms with E-state index in [0.717, 1.165) is 25.7 Å². The summed E-state index contributed by atoms with van der Waals surface area (Å²) in [6.45, 7) is 7.18. The molecule has 0 aliphatic heterocycles. The van der Waals surface area contributed by atoms with Gasteiger partial charge in [0, 0.05) is 26.2 Å². The summed E-state index contributed by atoms with van der Waals surface area (Å²) in [6, 6.07) is 0. The third-order valence-corrected chi connectivity index (χ3v) is 3.77. The number of aliphatic hydroxyl groups excluding tert-OH is 1. The molecule has 0 heterocycles. The lowest BCUT2D eigenvalue weighted by atomic mass is 10.1. The third kappa shape index (κ3) is 8.94. The number of nitrogens with one attached hydrogen (secondary N) is 2. The molecule has 0 aromatic rings. The van der Waals surface area contributed by atoms with Crippen molar-refractivity contribution in [2.45, 2.75) is 58.5 Å². The van der Waals surface area contributed by atoms with E-state index in [2.05, 4.69) is 22.5 Å². The Balaban J connectivity index is 2.19. The molecule has 1 saturated carbocycles. The van der Waals surface area contributed by atoms with Crippen LogP contribution in [0.4, 0.5) is 0 Å². The number of nitrogens with zero attached hydrogens (tertiary/aromatic N) is 1. The highest BCUT2D eigenvalue weighted by molar-refractivity contribution is 5.79. The van der Waals surface area contributed by atoms with Gasteiger partial charge in [0.15, 0.2) is 5.96 Å². The van der Waals surface area contributed by atoms with Crippen molar-refractivity contribution >= 4 is 5.96 Å². The van der Waals surface area contributed by atoms with E-state index in [9.17, 15) is 0 Å². The Hall–Kier alpha value is -0.810. The molecule has 21 heavy (non-hydrogen) atoms. The van der Waals surface area contributed by atoms with Crippen LogP contribution in [0.5, 0.6) is 0 Å². The van der Waals surface area contributed by atoms with Gasteiger partial charge in [-0.15, -0.1) is 0 Å². The van der Waals surface area contributed by atoms with Gasteiger partial charge >= 0.3 is 0 Å². The number of guanidine groups is 1. The summed E-state index contributed by atoms with van der Waals surface area (Å²) in [4.78, 5) is 4.46. The second-order valence-electron chi connectivity index (χ2n) is 5.92. The second-order valence-corrected chi connectivity index (χ2v) is 5.92. The Morgan fingerprint density at radius 1 is 1.24 bits per heavy atom. The van der Waals surface area contributed by atoms with Gasteiger partial charge < -0.3 is 20.5 Å². The van der Waals surface area contributed by atoms with Crippen LogP contribution >= 0.6 is 0 Å². The lowest BCUT2D eigenvalue weighted by Crippen LogP contribution is -2.39. The van der Waals surface area contributed by atoms with E-state index in [4.69, 9.17) is 9.84 Å². The van der Waals surface area contributed by atoms with Gasteiger partial charge in [0.1, 0.15) is 0 Å². The predicted molar refractivity (Wildman–Crippen MR) is 87.7 cm³/mol. The molecule has 1 unspecified atom stereocenters. The molecule has 0 saturated heterocycles. The number of hydrogen-bond acceptors (Lipinski definition) is 3. The number of aliphatic hydroxyl groups is 1. The van der Waals surface area contributed by atoms with E-state index in [1.54, 1.807) is 0 Å². The van der Waals surface area contributed by atoms with E-state index >= 15 is 0 Å². The van der Waals surface area contributed by atoms with Crippen molar-refractivity contribution in [3.05, 3.63) is 0 Å². The summed E-state index contributed by atoms with van der Waals surface area (Å²) in [6.07, 6.45) is 8.20. The maximum absolute atomic E-state index is 9.03. The van der Waals surface area contributed by atoms with Crippen LogP contribution in [0.1, 0.15) is 52.4 Å². The van der Waals surface area contributed by atoms with Crippen molar-refractivity contribution in [1.82, 2.24) is 10.6 Å². The van der Waals surface area contributed by atoms with Crippen LogP contribution in [-0.2, 0) is 4.74 Å². The highest BCUT2D eigenvalue weighted by atomic mass is 16.5. The van der Waals surface area contributed by atoms with Gasteiger partial charge in [-0.2, -0.15) is 0 Å². The number of rotatable bonds is 8. The second kappa shape index (κ2) is 11.8. The fourth-order valence-corrected chi connectivity index (χ4v) is 2.45. The summed E-state index contributed by atoms with van der Waals surface area (Å²) in [5.74, 6) is 1.00. The van der Waals surface area contributed by atoms with Gasteiger partial charge in [0.25, 0.3) is 0 Å². The molecule has 5 nitrogen and oxygen atoms in total. The molecule has 0 amide bonds. The third-order valence-electron chi connectivity index (χ3n) is 3.77.